The van der Waals surface area contributed by atoms with Crippen molar-refractivity contribution in [1.82, 2.24) is 4.98 Å². The Balaban J connectivity index is 2.83. The van der Waals surface area contributed by atoms with Gasteiger partial charge in [0.1, 0.15) is 0 Å². The number of pyridine rings is 1. The lowest BCUT2D eigenvalue weighted by Gasteiger charge is -2.08. The Hall–Kier alpha value is -1.26. The molecule has 66 valence electrons. The number of aromatic nitrogens is 1. The van der Waals surface area contributed by atoms with Crippen LogP contribution in [0.5, 0.6) is 5.88 Å². The average molecular weight is 177 g/mol. The lowest BCUT2D eigenvalue weighted by Crippen LogP contribution is -2.18. The Morgan fingerprint density at radius 1 is 1.42 bits per heavy atom. The Bertz CT molecular complexity index is 272. The molecule has 0 atom stereocenters. The molecule has 1 aromatic heterocycles. The first-order valence-corrected chi connectivity index (χ1v) is 3.16. The van der Waals surface area contributed by atoms with Gasteiger partial charge in [-0.1, -0.05) is 6.07 Å². The number of nitrogens with zero attached hydrogens (tertiary/aromatic N) is 1. The van der Waals surface area contributed by atoms with Crippen LogP contribution >= 0.6 is 0 Å². The molecule has 1 rings (SSSR count). The van der Waals surface area contributed by atoms with Gasteiger partial charge in [-0.15, -0.1) is 13.2 Å². The van der Waals surface area contributed by atoms with Crippen molar-refractivity contribution < 1.29 is 17.9 Å². The smallest absolute Gasteiger partial charge is 0.388 e. The van der Waals surface area contributed by atoms with E-state index in [1.54, 1.807) is 6.07 Å². The third-order valence-corrected chi connectivity index (χ3v) is 1.17. The van der Waals surface area contributed by atoms with E-state index in [1.807, 2.05) is 0 Å². The quantitative estimate of drug-likeness (QED) is 0.656. The van der Waals surface area contributed by atoms with Crippen molar-refractivity contribution in [1.29, 1.82) is 0 Å². The molecule has 0 saturated carbocycles. The van der Waals surface area contributed by atoms with Crippen molar-refractivity contribution in [2.24, 2.45) is 0 Å². The Kier molecular flexibility index (Phi) is 2.21. The van der Waals surface area contributed by atoms with Crippen LogP contribution in [0.4, 0.5) is 13.2 Å². The van der Waals surface area contributed by atoms with Crippen LogP contribution in [0.1, 0.15) is 5.56 Å². The van der Waals surface area contributed by atoms with Crippen LogP contribution < -0.4 is 4.74 Å². The highest BCUT2D eigenvalue weighted by molar-refractivity contribution is 5.23. The number of aryl methyl sites for hydroxylation is 1. The lowest BCUT2D eigenvalue weighted by molar-refractivity contribution is -0.276. The zero-order valence-electron chi connectivity index (χ0n) is 6.22. The molecule has 1 aromatic rings. The van der Waals surface area contributed by atoms with E-state index in [0.29, 0.717) is 5.56 Å². The van der Waals surface area contributed by atoms with Crippen LogP contribution in [-0.4, -0.2) is 11.3 Å². The van der Waals surface area contributed by atoms with Gasteiger partial charge in [0.25, 0.3) is 0 Å². The third kappa shape index (κ3) is 2.41. The van der Waals surface area contributed by atoms with Crippen molar-refractivity contribution in [2.45, 2.75) is 13.3 Å². The second-order valence-corrected chi connectivity index (χ2v) is 2.17. The second kappa shape index (κ2) is 3.00. The minimum Gasteiger partial charge on any atom is -0.388 e. The SMILES string of the molecule is Cc1cccnc1OC(F)(F)F. The molecule has 0 aromatic carbocycles. The molecule has 5 heteroatoms. The molecular formula is C7H6F3NO. The summed E-state index contributed by atoms with van der Waals surface area (Å²) in [5.41, 5.74) is 0.356. The van der Waals surface area contributed by atoms with E-state index in [-0.39, 0.29) is 0 Å². The summed E-state index contributed by atoms with van der Waals surface area (Å²) in [6.07, 6.45) is -3.42. The number of alkyl halides is 3. The molecule has 12 heavy (non-hydrogen) atoms. The molecule has 0 N–H and O–H groups in total. The van der Waals surface area contributed by atoms with E-state index in [9.17, 15) is 13.2 Å². The Labute approximate surface area is 67.0 Å². The molecule has 0 aliphatic rings. The molecule has 0 spiro atoms. The highest BCUT2D eigenvalue weighted by Gasteiger charge is 2.32. The number of hydrogen-bond donors (Lipinski definition) is 0. The number of rotatable bonds is 1. The van der Waals surface area contributed by atoms with Crippen molar-refractivity contribution in [3.63, 3.8) is 0 Å². The highest BCUT2D eigenvalue weighted by Crippen LogP contribution is 2.22. The van der Waals surface area contributed by atoms with E-state index in [2.05, 4.69) is 9.72 Å². The van der Waals surface area contributed by atoms with Crippen LogP contribution in [0, 0.1) is 6.92 Å². The number of hydrogen-bond acceptors (Lipinski definition) is 2. The molecule has 0 saturated heterocycles. The van der Waals surface area contributed by atoms with Gasteiger partial charge in [0.05, 0.1) is 0 Å². The Morgan fingerprint density at radius 2 is 2.08 bits per heavy atom. The van der Waals surface area contributed by atoms with E-state index < -0.39 is 12.2 Å². The molecule has 0 aliphatic heterocycles. The highest BCUT2D eigenvalue weighted by atomic mass is 19.4. The van der Waals surface area contributed by atoms with Gasteiger partial charge in [0.15, 0.2) is 0 Å². The third-order valence-electron chi connectivity index (χ3n) is 1.17. The minimum absolute atomic E-state index is 0.356. The normalized spacial score (nSPS) is 11.3. The fourth-order valence-electron chi connectivity index (χ4n) is 0.688. The predicted molar refractivity (Wildman–Crippen MR) is 35.7 cm³/mol. The lowest BCUT2D eigenvalue weighted by atomic mass is 10.3. The molecule has 0 unspecified atom stereocenters. The molecule has 0 fully saturated rings. The van der Waals surface area contributed by atoms with Crippen LogP contribution in [0.15, 0.2) is 18.3 Å². The first kappa shape index (κ1) is 8.83. The average Bonchev–Trinajstić information content (AvgIpc) is 1.91. The van der Waals surface area contributed by atoms with Crippen molar-refractivity contribution in [3.05, 3.63) is 23.9 Å². The zero-order valence-corrected chi connectivity index (χ0v) is 6.22. The van der Waals surface area contributed by atoms with E-state index >= 15 is 0 Å². The van der Waals surface area contributed by atoms with Crippen molar-refractivity contribution in [2.75, 3.05) is 0 Å². The molecular weight excluding hydrogens is 171 g/mol. The summed E-state index contributed by atoms with van der Waals surface area (Å²) in [5, 5.41) is 0. The summed E-state index contributed by atoms with van der Waals surface area (Å²) in [5.74, 6) is -0.398. The molecule has 0 aliphatic carbocycles. The zero-order chi connectivity index (χ0) is 9.19. The summed E-state index contributed by atoms with van der Waals surface area (Å²) in [7, 11) is 0. The molecule has 0 bridgehead atoms. The van der Waals surface area contributed by atoms with Crippen LogP contribution in [0.3, 0.4) is 0 Å². The van der Waals surface area contributed by atoms with E-state index in [1.165, 1.54) is 19.2 Å². The maximum Gasteiger partial charge on any atom is 0.574 e. The van der Waals surface area contributed by atoms with Gasteiger partial charge in [-0.05, 0) is 13.0 Å². The minimum atomic E-state index is -4.67. The summed E-state index contributed by atoms with van der Waals surface area (Å²) < 4.78 is 38.6. The first-order valence-electron chi connectivity index (χ1n) is 3.16. The maximum absolute atomic E-state index is 11.7. The van der Waals surface area contributed by atoms with Crippen LogP contribution in [0.25, 0.3) is 0 Å². The fourth-order valence-corrected chi connectivity index (χ4v) is 0.688. The van der Waals surface area contributed by atoms with Crippen LogP contribution in [0.2, 0.25) is 0 Å². The topological polar surface area (TPSA) is 22.1 Å². The van der Waals surface area contributed by atoms with Gasteiger partial charge in [-0.2, -0.15) is 0 Å². The molecule has 1 heterocycles. The van der Waals surface area contributed by atoms with Gasteiger partial charge in [-0.25, -0.2) is 4.98 Å². The fraction of sp³-hybridized carbons (Fsp3) is 0.286. The molecule has 2 nitrogen and oxygen atoms in total. The predicted octanol–water partition coefficient (Wildman–Crippen LogP) is 2.29. The van der Waals surface area contributed by atoms with Gasteiger partial charge >= 0.3 is 6.36 Å². The van der Waals surface area contributed by atoms with E-state index in [0.717, 1.165) is 0 Å². The number of halogens is 3. The Morgan fingerprint density at radius 3 is 2.58 bits per heavy atom. The van der Waals surface area contributed by atoms with E-state index in [4.69, 9.17) is 0 Å². The number of ether oxygens (including phenoxy) is 1. The van der Waals surface area contributed by atoms with Crippen molar-refractivity contribution >= 4 is 0 Å². The van der Waals surface area contributed by atoms with Gasteiger partial charge in [-0.3, -0.25) is 0 Å². The first-order chi connectivity index (χ1) is 5.49. The summed E-state index contributed by atoms with van der Waals surface area (Å²) >= 11 is 0. The summed E-state index contributed by atoms with van der Waals surface area (Å²) in [4.78, 5) is 3.42. The molecule has 0 radical (unpaired) electrons. The maximum atomic E-state index is 11.7. The van der Waals surface area contributed by atoms with Crippen LogP contribution in [-0.2, 0) is 0 Å². The second-order valence-electron chi connectivity index (χ2n) is 2.17. The van der Waals surface area contributed by atoms with Gasteiger partial charge in [0.2, 0.25) is 5.88 Å². The largest absolute Gasteiger partial charge is 0.574 e. The summed E-state index contributed by atoms with van der Waals surface area (Å²) in [6, 6.07) is 3.03. The van der Waals surface area contributed by atoms with Crippen molar-refractivity contribution in [3.8, 4) is 5.88 Å². The summed E-state index contributed by atoms with van der Waals surface area (Å²) in [6.45, 7) is 1.49. The standard InChI is InChI=1S/C7H6F3NO/c1-5-3-2-4-11-6(5)12-7(8,9)10/h2-4H,1H3. The monoisotopic (exact) mass is 177 g/mol. The molecule has 0 amide bonds. The van der Waals surface area contributed by atoms with Gasteiger partial charge < -0.3 is 4.74 Å². The van der Waals surface area contributed by atoms with Gasteiger partial charge in [0, 0.05) is 11.8 Å².